The average molecular weight is 215 g/mol. The van der Waals surface area contributed by atoms with Gasteiger partial charge in [0.2, 0.25) is 0 Å². The van der Waals surface area contributed by atoms with Crippen LogP contribution in [0.5, 0.6) is 5.75 Å². The summed E-state index contributed by atoms with van der Waals surface area (Å²) in [6, 6.07) is 5.37. The van der Waals surface area contributed by atoms with Crippen molar-refractivity contribution in [2.24, 2.45) is 0 Å². The number of alkyl halides is 1. The Bertz CT molecular complexity index is 290. The molecular formula is C7H7BrN2O. The van der Waals surface area contributed by atoms with E-state index in [1.807, 2.05) is 6.07 Å². The Hall–Kier alpha value is -0.740. The minimum absolute atomic E-state index is 0.00120. The smallest absolute Gasteiger partial charge is 0.123 e. The first-order valence-corrected chi connectivity index (χ1v) is 4.18. The van der Waals surface area contributed by atoms with Crippen molar-refractivity contribution < 1.29 is 5.11 Å². The van der Waals surface area contributed by atoms with Crippen LogP contribution in [0.15, 0.2) is 18.2 Å². The molecule has 1 heterocycles. The number of nitrogens with one attached hydrogen (secondary N) is 2. The number of anilines is 1. The van der Waals surface area contributed by atoms with Crippen LogP contribution in [-0.4, -0.2) is 5.11 Å². The molecule has 58 valence electrons. The van der Waals surface area contributed by atoms with Crippen molar-refractivity contribution in [1.29, 1.82) is 0 Å². The molecule has 1 aliphatic rings. The molecule has 0 spiro atoms. The van der Waals surface area contributed by atoms with Gasteiger partial charge in [-0.2, -0.15) is 0 Å². The van der Waals surface area contributed by atoms with Crippen LogP contribution in [0, 0.1) is 0 Å². The summed E-state index contributed by atoms with van der Waals surface area (Å²) < 4.78 is 0. The fraction of sp³-hybridized carbons (Fsp3) is 0.143. The zero-order chi connectivity index (χ0) is 7.84. The summed E-state index contributed by atoms with van der Waals surface area (Å²) in [5.41, 5.74) is 7.66. The van der Waals surface area contributed by atoms with Crippen molar-refractivity contribution >= 4 is 21.6 Å². The number of halogens is 1. The van der Waals surface area contributed by atoms with E-state index in [2.05, 4.69) is 26.8 Å². The number of fused-ring (bicyclic) bond motifs is 1. The van der Waals surface area contributed by atoms with Crippen molar-refractivity contribution in [3.63, 3.8) is 0 Å². The van der Waals surface area contributed by atoms with Gasteiger partial charge in [0.05, 0.1) is 5.69 Å². The number of phenolic OH excluding ortho intramolecular Hbond substituents is 1. The van der Waals surface area contributed by atoms with Crippen molar-refractivity contribution in [3.05, 3.63) is 23.8 Å². The van der Waals surface area contributed by atoms with E-state index in [4.69, 9.17) is 0 Å². The first kappa shape index (κ1) is 6.94. The molecule has 0 bridgehead atoms. The molecule has 0 fully saturated rings. The molecule has 1 aliphatic heterocycles. The van der Waals surface area contributed by atoms with Crippen LogP contribution in [0.3, 0.4) is 0 Å². The molecule has 0 radical (unpaired) electrons. The van der Waals surface area contributed by atoms with Crippen molar-refractivity contribution in [3.8, 4) is 5.75 Å². The molecule has 0 amide bonds. The van der Waals surface area contributed by atoms with E-state index in [9.17, 15) is 5.11 Å². The molecule has 0 aliphatic carbocycles. The Kier molecular flexibility index (Phi) is 1.51. The van der Waals surface area contributed by atoms with Gasteiger partial charge in [0, 0.05) is 5.56 Å². The molecule has 0 saturated heterocycles. The fourth-order valence-electron chi connectivity index (χ4n) is 1.14. The van der Waals surface area contributed by atoms with Crippen LogP contribution in [0.4, 0.5) is 5.69 Å². The molecule has 0 aromatic heterocycles. The minimum atomic E-state index is -0.00120. The second-order valence-corrected chi connectivity index (χ2v) is 3.29. The third-order valence-electron chi connectivity index (χ3n) is 1.67. The lowest BCUT2D eigenvalue weighted by Crippen LogP contribution is -2.13. The number of hydrogen-bond acceptors (Lipinski definition) is 3. The van der Waals surface area contributed by atoms with Gasteiger partial charge in [-0.25, -0.2) is 5.43 Å². The summed E-state index contributed by atoms with van der Waals surface area (Å²) in [5, 5.41) is 9.39. The average Bonchev–Trinajstić information content (AvgIpc) is 2.34. The second kappa shape index (κ2) is 2.39. The Labute approximate surface area is 72.5 Å². The lowest BCUT2D eigenvalue weighted by atomic mass is 10.2. The Morgan fingerprint density at radius 2 is 2.27 bits per heavy atom. The number of rotatable bonds is 0. The summed E-state index contributed by atoms with van der Waals surface area (Å²) >= 11 is 3.35. The van der Waals surface area contributed by atoms with Gasteiger partial charge in [0.25, 0.3) is 0 Å². The van der Waals surface area contributed by atoms with Crippen molar-refractivity contribution in [1.82, 2.24) is 5.43 Å². The summed E-state index contributed by atoms with van der Waals surface area (Å²) in [5.74, 6) is 0.307. The lowest BCUT2D eigenvalue weighted by molar-refractivity contribution is 0.469. The van der Waals surface area contributed by atoms with Gasteiger partial charge in [-0.15, -0.1) is 0 Å². The predicted octanol–water partition coefficient (Wildman–Crippen LogP) is 1.72. The van der Waals surface area contributed by atoms with Crippen LogP contribution < -0.4 is 10.9 Å². The van der Waals surface area contributed by atoms with Gasteiger partial charge in [0.1, 0.15) is 10.7 Å². The topological polar surface area (TPSA) is 44.3 Å². The highest BCUT2D eigenvalue weighted by Crippen LogP contribution is 2.38. The Morgan fingerprint density at radius 1 is 1.45 bits per heavy atom. The van der Waals surface area contributed by atoms with Crippen LogP contribution in [-0.2, 0) is 0 Å². The first-order chi connectivity index (χ1) is 5.29. The van der Waals surface area contributed by atoms with Crippen LogP contribution >= 0.6 is 15.9 Å². The second-order valence-electron chi connectivity index (χ2n) is 2.37. The standard InChI is InChI=1S/C7H7BrN2O/c8-7-6-4(9-10-7)2-1-3-5(6)11/h1-3,7,9-11H. The largest absolute Gasteiger partial charge is 0.507 e. The third-order valence-corrected chi connectivity index (χ3v) is 2.36. The zero-order valence-corrected chi connectivity index (χ0v) is 7.22. The highest BCUT2D eigenvalue weighted by molar-refractivity contribution is 9.09. The first-order valence-electron chi connectivity index (χ1n) is 3.26. The van der Waals surface area contributed by atoms with E-state index in [0.29, 0.717) is 5.75 Å². The molecule has 0 saturated carbocycles. The lowest BCUT2D eigenvalue weighted by Gasteiger charge is -2.01. The van der Waals surface area contributed by atoms with E-state index < -0.39 is 0 Å². The molecule has 3 nitrogen and oxygen atoms in total. The number of hydrogen-bond donors (Lipinski definition) is 3. The van der Waals surface area contributed by atoms with Crippen LogP contribution in [0.1, 0.15) is 10.5 Å². The summed E-state index contributed by atoms with van der Waals surface area (Å²) in [4.78, 5) is -0.00120. The highest BCUT2D eigenvalue weighted by atomic mass is 79.9. The fourth-order valence-corrected chi connectivity index (χ4v) is 1.74. The molecule has 11 heavy (non-hydrogen) atoms. The minimum Gasteiger partial charge on any atom is -0.507 e. The van der Waals surface area contributed by atoms with Crippen molar-refractivity contribution in [2.75, 3.05) is 5.43 Å². The predicted molar refractivity (Wildman–Crippen MR) is 46.5 cm³/mol. The molecule has 4 heteroatoms. The van der Waals surface area contributed by atoms with Crippen LogP contribution in [0.2, 0.25) is 0 Å². The van der Waals surface area contributed by atoms with Crippen molar-refractivity contribution in [2.45, 2.75) is 4.95 Å². The molecule has 1 aromatic carbocycles. The maximum absolute atomic E-state index is 9.39. The normalized spacial score (nSPS) is 21.0. The molecule has 2 rings (SSSR count). The summed E-state index contributed by atoms with van der Waals surface area (Å²) in [6.45, 7) is 0. The number of phenols is 1. The molecule has 1 unspecified atom stereocenters. The van der Waals surface area contributed by atoms with E-state index in [1.54, 1.807) is 12.1 Å². The number of hydrazine groups is 1. The molecule has 1 aromatic rings. The SMILES string of the molecule is Oc1cccc2c1C(Br)NN2. The van der Waals surface area contributed by atoms with Gasteiger partial charge in [-0.3, -0.25) is 0 Å². The van der Waals surface area contributed by atoms with Gasteiger partial charge in [-0.05, 0) is 12.1 Å². The van der Waals surface area contributed by atoms with Gasteiger partial charge in [-0.1, -0.05) is 22.0 Å². The quantitative estimate of drug-likeness (QED) is 0.456. The van der Waals surface area contributed by atoms with Gasteiger partial charge >= 0.3 is 0 Å². The number of aromatic hydroxyl groups is 1. The van der Waals surface area contributed by atoms with E-state index in [-0.39, 0.29) is 4.95 Å². The van der Waals surface area contributed by atoms with E-state index in [1.165, 1.54) is 0 Å². The van der Waals surface area contributed by atoms with E-state index in [0.717, 1.165) is 11.3 Å². The monoisotopic (exact) mass is 214 g/mol. The maximum atomic E-state index is 9.39. The van der Waals surface area contributed by atoms with Gasteiger partial charge in [0.15, 0.2) is 0 Å². The Morgan fingerprint density at radius 3 is 3.00 bits per heavy atom. The summed E-state index contributed by atoms with van der Waals surface area (Å²) in [6.07, 6.45) is 0. The highest BCUT2D eigenvalue weighted by Gasteiger charge is 2.21. The van der Waals surface area contributed by atoms with Crippen LogP contribution in [0.25, 0.3) is 0 Å². The number of benzene rings is 1. The van der Waals surface area contributed by atoms with E-state index >= 15 is 0 Å². The Balaban J connectivity index is 2.58. The maximum Gasteiger partial charge on any atom is 0.123 e. The molecular weight excluding hydrogens is 208 g/mol. The third kappa shape index (κ3) is 0.985. The summed E-state index contributed by atoms with van der Waals surface area (Å²) in [7, 11) is 0. The molecule has 1 atom stereocenters. The molecule has 3 N–H and O–H groups in total. The zero-order valence-electron chi connectivity index (χ0n) is 5.63. The van der Waals surface area contributed by atoms with Gasteiger partial charge < -0.3 is 10.5 Å².